The molecule has 0 aliphatic heterocycles. The molecule has 1 aromatic heterocycles. The molecule has 1 aromatic rings. The third-order valence-corrected chi connectivity index (χ3v) is 3.21. The van der Waals surface area contributed by atoms with Gasteiger partial charge in [0.15, 0.2) is 0 Å². The molecule has 1 rings (SSSR count). The minimum Gasteiger partial charge on any atom is -0.469 e. The fraction of sp³-hybridized carbons (Fsp3) is 0.714. The molecule has 0 saturated carbocycles. The van der Waals surface area contributed by atoms with Gasteiger partial charge in [0.25, 0.3) is 0 Å². The molecule has 0 aliphatic carbocycles. The summed E-state index contributed by atoms with van der Waals surface area (Å²) >= 11 is 0. The molecular formula is C14H26N2O. The predicted octanol–water partition coefficient (Wildman–Crippen LogP) is 3.40. The average molecular weight is 238 g/mol. The van der Waals surface area contributed by atoms with Gasteiger partial charge in [0.1, 0.15) is 5.76 Å². The molecule has 1 heterocycles. The van der Waals surface area contributed by atoms with E-state index in [0.717, 1.165) is 18.6 Å². The molecule has 17 heavy (non-hydrogen) atoms. The zero-order valence-corrected chi connectivity index (χ0v) is 11.0. The molecule has 0 saturated heterocycles. The Hall–Kier alpha value is -0.800. The van der Waals surface area contributed by atoms with Crippen molar-refractivity contribution in [3.05, 3.63) is 24.2 Å². The Balaban J connectivity index is 2.07. The van der Waals surface area contributed by atoms with Crippen molar-refractivity contribution in [2.24, 2.45) is 5.84 Å². The van der Waals surface area contributed by atoms with Gasteiger partial charge >= 0.3 is 0 Å². The maximum absolute atomic E-state index is 5.57. The van der Waals surface area contributed by atoms with E-state index >= 15 is 0 Å². The van der Waals surface area contributed by atoms with Gasteiger partial charge in [0, 0.05) is 12.5 Å². The number of unbranched alkanes of at least 4 members (excludes halogenated alkanes) is 4. The largest absolute Gasteiger partial charge is 0.469 e. The second kappa shape index (κ2) is 9.25. The van der Waals surface area contributed by atoms with E-state index in [1.807, 2.05) is 12.1 Å². The highest BCUT2D eigenvalue weighted by atomic mass is 16.3. The van der Waals surface area contributed by atoms with Gasteiger partial charge in [-0.3, -0.25) is 11.3 Å². The lowest BCUT2D eigenvalue weighted by atomic mass is 10.0. The molecule has 0 amide bonds. The van der Waals surface area contributed by atoms with Crippen LogP contribution in [0.25, 0.3) is 0 Å². The summed E-state index contributed by atoms with van der Waals surface area (Å²) in [4.78, 5) is 0. The smallest absolute Gasteiger partial charge is 0.103 e. The van der Waals surface area contributed by atoms with Gasteiger partial charge in [-0.1, -0.05) is 39.0 Å². The van der Waals surface area contributed by atoms with Crippen LogP contribution in [0.5, 0.6) is 0 Å². The highest BCUT2D eigenvalue weighted by molar-refractivity contribution is 4.98. The first-order chi connectivity index (χ1) is 8.36. The zero-order chi connectivity index (χ0) is 12.3. The number of furan rings is 1. The fourth-order valence-corrected chi connectivity index (χ4v) is 2.08. The van der Waals surface area contributed by atoms with Gasteiger partial charge in [-0.15, -0.1) is 0 Å². The lowest BCUT2D eigenvalue weighted by molar-refractivity contribution is 0.417. The lowest BCUT2D eigenvalue weighted by Gasteiger charge is -2.14. The van der Waals surface area contributed by atoms with Crippen LogP contribution >= 0.6 is 0 Å². The molecule has 1 atom stereocenters. The lowest BCUT2D eigenvalue weighted by Crippen LogP contribution is -2.35. The van der Waals surface area contributed by atoms with Crippen LogP contribution in [0.1, 0.15) is 57.6 Å². The molecule has 3 nitrogen and oxygen atoms in total. The van der Waals surface area contributed by atoms with Crippen LogP contribution < -0.4 is 11.3 Å². The van der Waals surface area contributed by atoms with Gasteiger partial charge < -0.3 is 4.42 Å². The monoisotopic (exact) mass is 238 g/mol. The predicted molar refractivity (Wildman–Crippen MR) is 71.5 cm³/mol. The number of aryl methyl sites for hydroxylation is 1. The van der Waals surface area contributed by atoms with E-state index in [4.69, 9.17) is 10.3 Å². The molecule has 0 aliphatic rings. The van der Waals surface area contributed by atoms with Gasteiger partial charge in [0.2, 0.25) is 0 Å². The number of rotatable bonds is 10. The van der Waals surface area contributed by atoms with E-state index in [9.17, 15) is 0 Å². The van der Waals surface area contributed by atoms with Crippen molar-refractivity contribution in [2.75, 3.05) is 0 Å². The van der Waals surface area contributed by atoms with Crippen molar-refractivity contribution in [1.82, 2.24) is 5.43 Å². The molecule has 1 unspecified atom stereocenters. The standard InChI is InChI=1S/C14H26N2O/c1-2-3-4-5-6-8-13(16-15)10-11-14-9-7-12-17-14/h7,9,12-13,16H,2-6,8,10-11,15H2,1H3. The molecule has 0 spiro atoms. The number of hydrazine groups is 1. The van der Waals surface area contributed by atoms with Crippen LogP contribution in [-0.2, 0) is 6.42 Å². The van der Waals surface area contributed by atoms with E-state index in [0.29, 0.717) is 6.04 Å². The maximum Gasteiger partial charge on any atom is 0.103 e. The number of nitrogens with two attached hydrogens (primary N) is 1. The van der Waals surface area contributed by atoms with Crippen molar-refractivity contribution in [3.63, 3.8) is 0 Å². The number of nitrogens with one attached hydrogen (secondary N) is 1. The Morgan fingerprint density at radius 3 is 2.71 bits per heavy atom. The maximum atomic E-state index is 5.57. The first kappa shape index (κ1) is 14.3. The Bertz CT molecular complexity index is 259. The third-order valence-electron chi connectivity index (χ3n) is 3.21. The zero-order valence-electron chi connectivity index (χ0n) is 11.0. The molecule has 0 radical (unpaired) electrons. The highest BCUT2D eigenvalue weighted by Gasteiger charge is 2.07. The first-order valence-corrected chi connectivity index (χ1v) is 6.85. The van der Waals surface area contributed by atoms with E-state index < -0.39 is 0 Å². The van der Waals surface area contributed by atoms with Crippen LogP contribution in [0.2, 0.25) is 0 Å². The number of hydrogen-bond donors (Lipinski definition) is 2. The molecule has 3 N–H and O–H groups in total. The van der Waals surface area contributed by atoms with E-state index in [-0.39, 0.29) is 0 Å². The minimum absolute atomic E-state index is 0.418. The summed E-state index contributed by atoms with van der Waals surface area (Å²) in [6.45, 7) is 2.24. The third kappa shape index (κ3) is 6.49. The van der Waals surface area contributed by atoms with Crippen LogP contribution in [0.4, 0.5) is 0 Å². The summed E-state index contributed by atoms with van der Waals surface area (Å²) < 4.78 is 5.32. The molecule has 0 bridgehead atoms. The molecule has 0 fully saturated rings. The summed E-state index contributed by atoms with van der Waals surface area (Å²) in [7, 11) is 0. The van der Waals surface area contributed by atoms with Crippen molar-refractivity contribution in [3.8, 4) is 0 Å². The molecule has 3 heteroatoms. The molecule has 98 valence electrons. The Morgan fingerprint density at radius 1 is 1.24 bits per heavy atom. The quantitative estimate of drug-likeness (QED) is 0.373. The van der Waals surface area contributed by atoms with Crippen LogP contribution in [-0.4, -0.2) is 6.04 Å². The Labute approximate surface area is 105 Å². The van der Waals surface area contributed by atoms with Crippen LogP contribution in [0.15, 0.2) is 22.8 Å². The summed E-state index contributed by atoms with van der Waals surface area (Å²) in [6, 6.07) is 4.38. The van der Waals surface area contributed by atoms with Gasteiger partial charge in [0.05, 0.1) is 6.26 Å². The van der Waals surface area contributed by atoms with E-state index in [1.165, 1.54) is 38.5 Å². The SMILES string of the molecule is CCCCCCCC(CCc1ccco1)NN. The van der Waals surface area contributed by atoms with Crippen molar-refractivity contribution < 1.29 is 4.42 Å². The fourth-order valence-electron chi connectivity index (χ4n) is 2.08. The normalized spacial score (nSPS) is 12.8. The van der Waals surface area contributed by atoms with Crippen molar-refractivity contribution >= 4 is 0 Å². The second-order valence-corrected chi connectivity index (χ2v) is 4.68. The van der Waals surface area contributed by atoms with Gasteiger partial charge in [-0.05, 0) is 25.0 Å². The topological polar surface area (TPSA) is 51.2 Å². The van der Waals surface area contributed by atoms with Gasteiger partial charge in [-0.2, -0.15) is 0 Å². The minimum atomic E-state index is 0.418. The Kier molecular flexibility index (Phi) is 7.76. The van der Waals surface area contributed by atoms with Crippen LogP contribution in [0.3, 0.4) is 0 Å². The van der Waals surface area contributed by atoms with Crippen molar-refractivity contribution in [1.29, 1.82) is 0 Å². The summed E-state index contributed by atoms with van der Waals surface area (Å²) in [5.74, 6) is 6.62. The summed E-state index contributed by atoms with van der Waals surface area (Å²) in [6.07, 6.45) is 11.5. The van der Waals surface area contributed by atoms with E-state index in [2.05, 4.69) is 12.3 Å². The van der Waals surface area contributed by atoms with Crippen LogP contribution in [0, 0.1) is 0 Å². The second-order valence-electron chi connectivity index (χ2n) is 4.68. The average Bonchev–Trinajstić information content (AvgIpc) is 2.86. The summed E-state index contributed by atoms with van der Waals surface area (Å²) in [5, 5.41) is 0. The highest BCUT2D eigenvalue weighted by Crippen LogP contribution is 2.12. The summed E-state index contributed by atoms with van der Waals surface area (Å²) in [5.41, 5.74) is 2.91. The Morgan fingerprint density at radius 2 is 2.06 bits per heavy atom. The first-order valence-electron chi connectivity index (χ1n) is 6.85. The van der Waals surface area contributed by atoms with Crippen molar-refractivity contribution in [2.45, 2.75) is 64.3 Å². The van der Waals surface area contributed by atoms with E-state index in [1.54, 1.807) is 6.26 Å². The molecule has 0 aromatic carbocycles. The van der Waals surface area contributed by atoms with Gasteiger partial charge in [-0.25, -0.2) is 0 Å². The number of hydrogen-bond acceptors (Lipinski definition) is 3. The molecular weight excluding hydrogens is 212 g/mol.